The summed E-state index contributed by atoms with van der Waals surface area (Å²) in [6.07, 6.45) is 11.1. The van der Waals surface area contributed by atoms with Crippen LogP contribution in [0.25, 0.3) is 11.2 Å². The van der Waals surface area contributed by atoms with Crippen molar-refractivity contribution in [2.24, 2.45) is 0 Å². The molecule has 118 valence electrons. The van der Waals surface area contributed by atoms with Crippen LogP contribution in [0.4, 0.5) is 0 Å². The fourth-order valence-electron chi connectivity index (χ4n) is 4.38. The third-order valence-corrected chi connectivity index (χ3v) is 5.48. The first-order valence-electron chi connectivity index (χ1n) is 8.95. The zero-order valence-corrected chi connectivity index (χ0v) is 13.5. The number of rotatable bonds is 3. The van der Waals surface area contributed by atoms with Crippen molar-refractivity contribution in [1.82, 2.24) is 19.4 Å². The minimum absolute atomic E-state index is 0.487. The molecule has 1 saturated carbocycles. The van der Waals surface area contributed by atoms with Crippen LogP contribution < -0.4 is 0 Å². The summed E-state index contributed by atoms with van der Waals surface area (Å²) in [4.78, 5) is 12.3. The first-order chi connectivity index (χ1) is 10.9. The number of likely N-dealkylation sites (tertiary alicyclic amines) is 1. The number of imidazole rings is 1. The molecule has 1 aliphatic carbocycles. The lowest BCUT2D eigenvalue weighted by molar-refractivity contribution is 0.246. The predicted molar refractivity (Wildman–Crippen MR) is 88.9 cm³/mol. The molecular formula is C18H26N4. The van der Waals surface area contributed by atoms with Gasteiger partial charge in [0, 0.05) is 12.2 Å². The second-order valence-corrected chi connectivity index (χ2v) is 6.76. The monoisotopic (exact) mass is 298 g/mol. The van der Waals surface area contributed by atoms with Crippen molar-refractivity contribution in [3.8, 4) is 0 Å². The largest absolute Gasteiger partial charge is 0.308 e. The Labute approximate surface area is 132 Å². The Bertz CT molecular complexity index is 642. The van der Waals surface area contributed by atoms with Gasteiger partial charge in [0.15, 0.2) is 5.65 Å². The molecule has 0 amide bonds. The van der Waals surface area contributed by atoms with Crippen molar-refractivity contribution in [3.05, 3.63) is 24.2 Å². The molecule has 2 aromatic rings. The van der Waals surface area contributed by atoms with Gasteiger partial charge in [0.2, 0.25) is 0 Å². The smallest absolute Gasteiger partial charge is 0.160 e. The Morgan fingerprint density at radius 2 is 2.00 bits per heavy atom. The van der Waals surface area contributed by atoms with Gasteiger partial charge in [-0.15, -0.1) is 0 Å². The molecule has 1 saturated heterocycles. The maximum absolute atomic E-state index is 5.03. The Morgan fingerprint density at radius 3 is 2.82 bits per heavy atom. The van der Waals surface area contributed by atoms with Crippen molar-refractivity contribution in [1.29, 1.82) is 0 Å². The van der Waals surface area contributed by atoms with E-state index in [-0.39, 0.29) is 0 Å². The SMILES string of the molecule is CCN1CCCC1c1nc2cccnc2n1C1CCCCC1. The number of nitrogens with zero attached hydrogens (tertiary/aromatic N) is 4. The molecule has 2 aromatic heterocycles. The molecule has 1 aliphatic heterocycles. The van der Waals surface area contributed by atoms with Crippen LogP contribution >= 0.6 is 0 Å². The van der Waals surface area contributed by atoms with E-state index in [4.69, 9.17) is 4.98 Å². The second kappa shape index (κ2) is 5.99. The van der Waals surface area contributed by atoms with Crippen molar-refractivity contribution in [2.45, 2.75) is 64.0 Å². The molecule has 4 nitrogen and oxygen atoms in total. The van der Waals surface area contributed by atoms with E-state index >= 15 is 0 Å². The molecule has 3 heterocycles. The van der Waals surface area contributed by atoms with E-state index in [0.29, 0.717) is 12.1 Å². The van der Waals surface area contributed by atoms with Crippen LogP contribution in [-0.4, -0.2) is 32.5 Å². The van der Waals surface area contributed by atoms with E-state index in [0.717, 1.165) is 17.7 Å². The molecule has 22 heavy (non-hydrogen) atoms. The standard InChI is InChI=1S/C18H26N4/c1-2-21-13-7-11-16(21)18-20-15-10-6-12-19-17(15)22(18)14-8-4-3-5-9-14/h6,10,12,14,16H,2-5,7-9,11,13H2,1H3. The first kappa shape index (κ1) is 14.2. The summed E-state index contributed by atoms with van der Waals surface area (Å²) in [5, 5.41) is 0. The zero-order valence-electron chi connectivity index (χ0n) is 13.5. The first-order valence-corrected chi connectivity index (χ1v) is 8.95. The van der Waals surface area contributed by atoms with Crippen LogP contribution in [0.15, 0.2) is 18.3 Å². The lowest BCUT2D eigenvalue weighted by atomic mass is 9.95. The van der Waals surface area contributed by atoms with E-state index < -0.39 is 0 Å². The van der Waals surface area contributed by atoms with Gasteiger partial charge in [0.1, 0.15) is 11.3 Å². The van der Waals surface area contributed by atoms with Gasteiger partial charge >= 0.3 is 0 Å². The Kier molecular flexibility index (Phi) is 3.87. The molecule has 4 heteroatoms. The third-order valence-electron chi connectivity index (χ3n) is 5.48. The summed E-state index contributed by atoms with van der Waals surface area (Å²) in [5.74, 6) is 1.28. The summed E-state index contributed by atoms with van der Waals surface area (Å²) < 4.78 is 2.51. The van der Waals surface area contributed by atoms with E-state index in [1.807, 2.05) is 12.3 Å². The Morgan fingerprint density at radius 1 is 1.14 bits per heavy atom. The van der Waals surface area contributed by atoms with Crippen LogP contribution in [0.5, 0.6) is 0 Å². The maximum atomic E-state index is 5.03. The lowest BCUT2D eigenvalue weighted by Crippen LogP contribution is -2.27. The normalized spacial score (nSPS) is 24.3. The number of pyridine rings is 1. The number of fused-ring (bicyclic) bond motifs is 1. The third kappa shape index (κ3) is 2.34. The maximum Gasteiger partial charge on any atom is 0.160 e. The van der Waals surface area contributed by atoms with Crippen LogP contribution in [0, 0.1) is 0 Å². The quantitative estimate of drug-likeness (QED) is 0.855. The van der Waals surface area contributed by atoms with Crippen LogP contribution in [0.2, 0.25) is 0 Å². The predicted octanol–water partition coefficient (Wildman–Crippen LogP) is 4.09. The van der Waals surface area contributed by atoms with Gasteiger partial charge < -0.3 is 4.57 Å². The molecule has 0 radical (unpaired) electrons. The summed E-state index contributed by atoms with van der Waals surface area (Å²) in [7, 11) is 0. The highest BCUT2D eigenvalue weighted by Crippen LogP contribution is 2.38. The van der Waals surface area contributed by atoms with E-state index in [2.05, 4.69) is 27.4 Å². The molecular weight excluding hydrogens is 272 g/mol. The average molecular weight is 298 g/mol. The number of hydrogen-bond donors (Lipinski definition) is 0. The van der Waals surface area contributed by atoms with Crippen LogP contribution in [0.3, 0.4) is 0 Å². The molecule has 2 fully saturated rings. The summed E-state index contributed by atoms with van der Waals surface area (Å²) in [5.41, 5.74) is 2.18. The molecule has 0 aromatic carbocycles. The van der Waals surface area contributed by atoms with Crippen LogP contribution in [-0.2, 0) is 0 Å². The lowest BCUT2D eigenvalue weighted by Gasteiger charge is -2.29. The molecule has 0 N–H and O–H groups in total. The molecule has 0 bridgehead atoms. The minimum Gasteiger partial charge on any atom is -0.308 e. The summed E-state index contributed by atoms with van der Waals surface area (Å²) >= 11 is 0. The van der Waals surface area contributed by atoms with E-state index in [1.165, 1.54) is 57.3 Å². The van der Waals surface area contributed by atoms with Gasteiger partial charge in [0.05, 0.1) is 6.04 Å². The van der Waals surface area contributed by atoms with Crippen LogP contribution in [0.1, 0.15) is 69.8 Å². The van der Waals surface area contributed by atoms with Crippen molar-refractivity contribution >= 4 is 11.2 Å². The highest BCUT2D eigenvalue weighted by molar-refractivity contribution is 5.71. The molecule has 1 unspecified atom stereocenters. The van der Waals surface area contributed by atoms with E-state index in [9.17, 15) is 0 Å². The Balaban J connectivity index is 1.82. The van der Waals surface area contributed by atoms with Crippen molar-refractivity contribution in [3.63, 3.8) is 0 Å². The molecule has 4 rings (SSSR count). The van der Waals surface area contributed by atoms with Gasteiger partial charge in [-0.25, -0.2) is 9.97 Å². The Hall–Kier alpha value is -1.42. The highest BCUT2D eigenvalue weighted by atomic mass is 15.2. The molecule has 2 aliphatic rings. The van der Waals surface area contributed by atoms with Gasteiger partial charge in [-0.3, -0.25) is 4.90 Å². The topological polar surface area (TPSA) is 34.0 Å². The van der Waals surface area contributed by atoms with Crippen molar-refractivity contribution in [2.75, 3.05) is 13.1 Å². The second-order valence-electron chi connectivity index (χ2n) is 6.76. The summed E-state index contributed by atoms with van der Waals surface area (Å²) in [6.45, 7) is 4.60. The fourth-order valence-corrected chi connectivity index (χ4v) is 4.38. The summed E-state index contributed by atoms with van der Waals surface area (Å²) in [6, 6.07) is 5.22. The molecule has 1 atom stereocenters. The minimum atomic E-state index is 0.487. The van der Waals surface area contributed by atoms with Gasteiger partial charge in [0.25, 0.3) is 0 Å². The highest BCUT2D eigenvalue weighted by Gasteiger charge is 2.32. The van der Waals surface area contributed by atoms with Crippen molar-refractivity contribution < 1.29 is 0 Å². The number of aromatic nitrogens is 3. The zero-order chi connectivity index (χ0) is 14.9. The molecule has 0 spiro atoms. The van der Waals surface area contributed by atoms with E-state index in [1.54, 1.807) is 0 Å². The van der Waals surface area contributed by atoms with Gasteiger partial charge in [-0.05, 0) is 50.9 Å². The average Bonchev–Trinajstić information content (AvgIpc) is 3.19. The van der Waals surface area contributed by atoms with Gasteiger partial charge in [-0.1, -0.05) is 26.2 Å². The number of hydrogen-bond acceptors (Lipinski definition) is 3. The fraction of sp³-hybridized carbons (Fsp3) is 0.667. The van der Waals surface area contributed by atoms with Gasteiger partial charge in [-0.2, -0.15) is 0 Å².